The molecule has 13 heavy (non-hydrogen) atoms. The van der Waals surface area contributed by atoms with E-state index in [0.29, 0.717) is 12.1 Å². The predicted octanol–water partition coefficient (Wildman–Crippen LogP) is 2.37. The van der Waals surface area contributed by atoms with E-state index in [0.717, 1.165) is 6.54 Å². The molecule has 0 N–H and O–H groups in total. The molecule has 0 spiro atoms. The molecular weight excluding hydrogens is 160 g/mol. The van der Waals surface area contributed by atoms with Crippen molar-refractivity contribution >= 4 is 0 Å². The fourth-order valence-corrected chi connectivity index (χ4v) is 2.10. The number of hydrogen-bond donors (Lipinski definition) is 0. The van der Waals surface area contributed by atoms with Gasteiger partial charge in [0, 0.05) is 31.0 Å². The molecule has 2 heterocycles. The van der Waals surface area contributed by atoms with E-state index >= 15 is 0 Å². The molecule has 2 rings (SSSR count). The summed E-state index contributed by atoms with van der Waals surface area (Å²) < 4.78 is 0. The minimum atomic E-state index is 0.531. The second kappa shape index (κ2) is 3.11. The van der Waals surface area contributed by atoms with Crippen LogP contribution >= 0.6 is 0 Å². The van der Waals surface area contributed by atoms with E-state index in [-0.39, 0.29) is 0 Å². The molecule has 1 unspecified atom stereocenters. The molecule has 70 valence electrons. The Hall–Kier alpha value is -0.890. The van der Waals surface area contributed by atoms with Gasteiger partial charge in [-0.3, -0.25) is 9.88 Å². The Morgan fingerprint density at radius 1 is 1.54 bits per heavy atom. The molecule has 0 fully saturated rings. The van der Waals surface area contributed by atoms with Crippen molar-refractivity contribution in [1.82, 2.24) is 9.88 Å². The lowest BCUT2D eigenvalue weighted by Gasteiger charge is -2.25. The molecule has 0 radical (unpaired) electrons. The number of nitrogens with zero attached hydrogens (tertiary/aromatic N) is 2. The van der Waals surface area contributed by atoms with Crippen LogP contribution in [-0.2, 0) is 6.54 Å². The Labute approximate surface area is 79.6 Å². The van der Waals surface area contributed by atoms with E-state index < -0.39 is 0 Å². The molecule has 1 aliphatic rings. The third-order valence-corrected chi connectivity index (χ3v) is 2.91. The monoisotopic (exact) mass is 176 g/mol. The lowest BCUT2D eigenvalue weighted by atomic mass is 10.1. The molecule has 1 aromatic heterocycles. The number of aromatic nitrogens is 1. The van der Waals surface area contributed by atoms with Crippen LogP contribution in [-0.4, -0.2) is 15.9 Å². The van der Waals surface area contributed by atoms with Gasteiger partial charge in [0.1, 0.15) is 0 Å². The molecular formula is C11H16N2. The van der Waals surface area contributed by atoms with Crippen LogP contribution in [0.3, 0.4) is 0 Å². The van der Waals surface area contributed by atoms with Gasteiger partial charge in [-0.2, -0.15) is 0 Å². The zero-order valence-corrected chi connectivity index (χ0v) is 8.49. The van der Waals surface area contributed by atoms with E-state index in [1.807, 2.05) is 12.4 Å². The van der Waals surface area contributed by atoms with Crippen molar-refractivity contribution in [3.63, 3.8) is 0 Å². The number of rotatable bonds is 1. The highest BCUT2D eigenvalue weighted by atomic mass is 15.2. The lowest BCUT2D eigenvalue weighted by molar-refractivity contribution is 0.180. The first-order valence-electron chi connectivity index (χ1n) is 4.88. The molecule has 0 aliphatic carbocycles. The summed E-state index contributed by atoms with van der Waals surface area (Å²) in [6.07, 6.45) is 3.89. The molecule has 1 aliphatic heterocycles. The summed E-state index contributed by atoms with van der Waals surface area (Å²) in [5, 5.41) is 0. The smallest absolute Gasteiger partial charge is 0.0344 e. The third-order valence-electron chi connectivity index (χ3n) is 2.91. The first-order chi connectivity index (χ1) is 6.20. The fourth-order valence-electron chi connectivity index (χ4n) is 2.10. The van der Waals surface area contributed by atoms with Crippen molar-refractivity contribution in [3.8, 4) is 0 Å². The van der Waals surface area contributed by atoms with Gasteiger partial charge in [-0.05, 0) is 38.0 Å². The summed E-state index contributed by atoms with van der Waals surface area (Å²) in [5.41, 5.74) is 2.84. The van der Waals surface area contributed by atoms with Gasteiger partial charge in [-0.1, -0.05) is 0 Å². The highest BCUT2D eigenvalue weighted by Crippen LogP contribution is 2.33. The van der Waals surface area contributed by atoms with Crippen molar-refractivity contribution in [2.24, 2.45) is 0 Å². The molecule has 0 bridgehead atoms. The van der Waals surface area contributed by atoms with Crippen molar-refractivity contribution in [2.75, 3.05) is 0 Å². The van der Waals surface area contributed by atoms with Crippen LogP contribution in [0, 0.1) is 0 Å². The minimum Gasteiger partial charge on any atom is -0.290 e. The zero-order valence-electron chi connectivity index (χ0n) is 8.49. The van der Waals surface area contributed by atoms with E-state index in [2.05, 4.69) is 36.7 Å². The third kappa shape index (κ3) is 1.35. The predicted molar refractivity (Wildman–Crippen MR) is 53.3 cm³/mol. The normalized spacial score (nSPS) is 22.3. The van der Waals surface area contributed by atoms with Gasteiger partial charge in [0.05, 0.1) is 0 Å². The average Bonchev–Trinajstić information content (AvgIpc) is 2.45. The van der Waals surface area contributed by atoms with Crippen molar-refractivity contribution in [3.05, 3.63) is 29.6 Å². The molecule has 2 nitrogen and oxygen atoms in total. The molecule has 0 saturated carbocycles. The highest BCUT2D eigenvalue weighted by Gasteiger charge is 2.27. The summed E-state index contributed by atoms with van der Waals surface area (Å²) >= 11 is 0. The van der Waals surface area contributed by atoms with Gasteiger partial charge in [-0.25, -0.2) is 0 Å². The van der Waals surface area contributed by atoms with Crippen LogP contribution in [0.4, 0.5) is 0 Å². The standard InChI is InChI=1S/C11H16N2/c1-8(2)13-7-10-4-5-12-6-11(10)9(13)3/h4-6,8-9H,7H2,1-3H3. The van der Waals surface area contributed by atoms with Gasteiger partial charge >= 0.3 is 0 Å². The number of fused-ring (bicyclic) bond motifs is 1. The highest BCUT2D eigenvalue weighted by molar-refractivity contribution is 5.30. The Bertz CT molecular complexity index is 307. The van der Waals surface area contributed by atoms with Crippen LogP contribution < -0.4 is 0 Å². The second-order valence-electron chi connectivity index (χ2n) is 4.02. The van der Waals surface area contributed by atoms with E-state index in [1.54, 1.807) is 0 Å². The lowest BCUT2D eigenvalue weighted by Crippen LogP contribution is -2.27. The largest absolute Gasteiger partial charge is 0.290 e. The molecule has 2 heteroatoms. The van der Waals surface area contributed by atoms with Crippen molar-refractivity contribution < 1.29 is 0 Å². The number of pyridine rings is 1. The Morgan fingerprint density at radius 2 is 2.31 bits per heavy atom. The van der Waals surface area contributed by atoms with Gasteiger partial charge < -0.3 is 0 Å². The first-order valence-corrected chi connectivity index (χ1v) is 4.88. The summed E-state index contributed by atoms with van der Waals surface area (Å²) in [4.78, 5) is 6.67. The van der Waals surface area contributed by atoms with Crippen LogP contribution in [0.1, 0.15) is 37.9 Å². The topological polar surface area (TPSA) is 16.1 Å². The molecule has 1 atom stereocenters. The maximum absolute atomic E-state index is 4.17. The Balaban J connectivity index is 2.32. The summed E-state index contributed by atoms with van der Waals surface area (Å²) in [6, 6.07) is 3.28. The van der Waals surface area contributed by atoms with Gasteiger partial charge in [-0.15, -0.1) is 0 Å². The van der Waals surface area contributed by atoms with Gasteiger partial charge in [0.15, 0.2) is 0 Å². The minimum absolute atomic E-state index is 0.531. The van der Waals surface area contributed by atoms with Crippen molar-refractivity contribution in [1.29, 1.82) is 0 Å². The fraction of sp³-hybridized carbons (Fsp3) is 0.545. The van der Waals surface area contributed by atoms with Crippen LogP contribution in [0.15, 0.2) is 18.5 Å². The molecule has 0 aromatic carbocycles. The van der Waals surface area contributed by atoms with Gasteiger partial charge in [0.2, 0.25) is 0 Å². The first kappa shape index (κ1) is 8.70. The van der Waals surface area contributed by atoms with Crippen LogP contribution in [0.5, 0.6) is 0 Å². The summed E-state index contributed by atoms with van der Waals surface area (Å²) in [5.74, 6) is 0. The van der Waals surface area contributed by atoms with Crippen LogP contribution in [0.2, 0.25) is 0 Å². The second-order valence-corrected chi connectivity index (χ2v) is 4.02. The van der Waals surface area contributed by atoms with E-state index in [4.69, 9.17) is 0 Å². The SMILES string of the molecule is CC(C)N1Cc2ccncc2C1C. The maximum atomic E-state index is 4.17. The van der Waals surface area contributed by atoms with Crippen LogP contribution in [0.25, 0.3) is 0 Å². The number of hydrogen-bond acceptors (Lipinski definition) is 2. The van der Waals surface area contributed by atoms with E-state index in [9.17, 15) is 0 Å². The molecule has 1 aromatic rings. The average molecular weight is 176 g/mol. The zero-order chi connectivity index (χ0) is 9.42. The Kier molecular flexibility index (Phi) is 2.08. The van der Waals surface area contributed by atoms with Crippen molar-refractivity contribution in [2.45, 2.75) is 39.4 Å². The summed E-state index contributed by atoms with van der Waals surface area (Å²) in [6.45, 7) is 7.83. The summed E-state index contributed by atoms with van der Waals surface area (Å²) in [7, 11) is 0. The Morgan fingerprint density at radius 3 is 2.92 bits per heavy atom. The quantitative estimate of drug-likeness (QED) is 0.653. The van der Waals surface area contributed by atoms with Gasteiger partial charge in [0.25, 0.3) is 0 Å². The molecule has 0 amide bonds. The van der Waals surface area contributed by atoms with E-state index in [1.165, 1.54) is 11.1 Å². The maximum Gasteiger partial charge on any atom is 0.0344 e. The molecule has 0 saturated heterocycles.